The van der Waals surface area contributed by atoms with Crippen LogP contribution in [0, 0.1) is 0 Å². The number of hydrogen-bond donors (Lipinski definition) is 5. The molecule has 0 amide bonds. The van der Waals surface area contributed by atoms with Crippen molar-refractivity contribution in [3.05, 3.63) is 0 Å². The molecule has 0 saturated heterocycles. The molecule has 0 aromatic heterocycles. The molecule has 0 aromatic rings. The van der Waals surface area contributed by atoms with Crippen molar-refractivity contribution in [1.82, 2.24) is 0 Å². The van der Waals surface area contributed by atoms with E-state index in [1.54, 1.807) is 0 Å². The van der Waals surface area contributed by atoms with E-state index in [9.17, 15) is 14.4 Å². The first-order valence-corrected chi connectivity index (χ1v) is 3.30. The quantitative estimate of drug-likeness (QED) is 0.328. The van der Waals surface area contributed by atoms with Crippen molar-refractivity contribution >= 4 is 172 Å². The molecule has 5 N–H and O–H groups in total. The summed E-state index contributed by atoms with van der Waals surface area (Å²) in [7, 11) is 0. The van der Waals surface area contributed by atoms with E-state index in [0.717, 1.165) is 0 Å². The van der Waals surface area contributed by atoms with Gasteiger partial charge in [-0.3, -0.25) is 4.79 Å². The molecule has 0 aliphatic heterocycles. The zero-order valence-corrected chi connectivity index (χ0v) is 19.1. The molecule has 0 aliphatic rings. The van der Waals surface area contributed by atoms with E-state index in [4.69, 9.17) is 25.5 Å². The van der Waals surface area contributed by atoms with Crippen LogP contribution in [0.2, 0.25) is 0 Å². The summed E-state index contributed by atoms with van der Waals surface area (Å²) in [6.07, 6.45) is -4.11. The molecule has 0 heterocycles. The number of rotatable bonds is 5. The third-order valence-electron chi connectivity index (χ3n) is 1.48. The Morgan fingerprint density at radius 2 is 1.35 bits per heavy atom. The summed E-state index contributed by atoms with van der Waals surface area (Å²) in [5.74, 6) is -5.87. The van der Waals surface area contributed by atoms with Crippen LogP contribution in [0.3, 0.4) is 0 Å². The van der Waals surface area contributed by atoms with Gasteiger partial charge in [0.1, 0.15) is 0 Å². The van der Waals surface area contributed by atoms with Crippen molar-refractivity contribution in [2.75, 3.05) is 0 Å². The Kier molecular flexibility index (Phi) is 21.6. The molecule has 2 atom stereocenters. The van der Waals surface area contributed by atoms with Gasteiger partial charge in [0, 0.05) is 154 Å². The molecule has 8 nitrogen and oxygen atoms in total. The predicted octanol–water partition coefficient (Wildman–Crippen LogP) is -3.42. The van der Waals surface area contributed by atoms with Crippen molar-refractivity contribution in [1.29, 1.82) is 0 Å². The smallest absolute Gasteiger partial charge is 0.339 e. The van der Waals surface area contributed by atoms with Crippen LogP contribution in [-0.4, -0.2) is 209 Å². The molecule has 0 fully saturated rings. The fraction of sp³-hybridized carbons (Fsp3) is 0.500. The van der Waals surface area contributed by atoms with E-state index in [0.29, 0.717) is 0 Å². The molecule has 0 saturated carbocycles. The molecular weight excluding hydrogens is 317 g/mol. The fourth-order valence-corrected chi connectivity index (χ4v) is 0.724. The van der Waals surface area contributed by atoms with E-state index in [2.05, 4.69) is 0 Å². The average molecular weight is 325 g/mol. The standard InChI is InChI=1S/C6H8O8.3K/c7-2(8)1-6(14,5(12)13)3(9)4(10)11;;;/h3,9,14H,1H2,(H,7,8)(H,10,11)(H,12,13);;;. The Hall–Kier alpha value is 3.24. The SMILES string of the molecule is O=C(O)CC(O)(C(=O)O)C(O)C(=O)O.[K].[K].[K]. The van der Waals surface area contributed by atoms with Crippen LogP contribution in [0.5, 0.6) is 0 Å². The zero-order valence-electron chi connectivity index (χ0n) is 9.75. The summed E-state index contributed by atoms with van der Waals surface area (Å²) in [6.45, 7) is 0. The van der Waals surface area contributed by atoms with Gasteiger partial charge in [-0.05, 0) is 0 Å². The minimum Gasteiger partial charge on any atom is -0.481 e. The number of hydrogen-bond acceptors (Lipinski definition) is 5. The maximum absolute atomic E-state index is 10.4. The molecule has 2 unspecified atom stereocenters. The van der Waals surface area contributed by atoms with Crippen molar-refractivity contribution in [3.8, 4) is 0 Å². The molecular formula is C6H8K3O8. The third-order valence-corrected chi connectivity index (χ3v) is 1.48. The van der Waals surface area contributed by atoms with Gasteiger partial charge in [0.15, 0.2) is 6.10 Å². The first-order valence-electron chi connectivity index (χ1n) is 3.30. The van der Waals surface area contributed by atoms with Crippen LogP contribution in [0.1, 0.15) is 6.42 Å². The summed E-state index contributed by atoms with van der Waals surface area (Å²) in [5, 5.41) is 42.6. The fourth-order valence-electron chi connectivity index (χ4n) is 0.724. The Morgan fingerprint density at radius 1 is 1.00 bits per heavy atom. The molecule has 3 radical (unpaired) electrons. The Labute approximate surface area is 224 Å². The summed E-state index contributed by atoms with van der Waals surface area (Å²) >= 11 is 0. The number of aliphatic hydroxyl groups is 2. The van der Waals surface area contributed by atoms with Crippen LogP contribution in [0.4, 0.5) is 0 Å². The van der Waals surface area contributed by atoms with Crippen LogP contribution in [-0.2, 0) is 14.4 Å². The van der Waals surface area contributed by atoms with Gasteiger partial charge in [-0.15, -0.1) is 0 Å². The van der Waals surface area contributed by atoms with Gasteiger partial charge in [-0.25, -0.2) is 9.59 Å². The monoisotopic (exact) mass is 325 g/mol. The second kappa shape index (κ2) is 12.9. The second-order valence-corrected chi connectivity index (χ2v) is 2.54. The Morgan fingerprint density at radius 3 is 1.53 bits per heavy atom. The molecule has 83 valence electrons. The molecule has 0 aromatic carbocycles. The van der Waals surface area contributed by atoms with E-state index in [1.807, 2.05) is 0 Å². The van der Waals surface area contributed by atoms with Crippen molar-refractivity contribution in [2.24, 2.45) is 0 Å². The topological polar surface area (TPSA) is 152 Å². The van der Waals surface area contributed by atoms with E-state index < -0.39 is 36.0 Å². The molecule has 11 heteroatoms. The second-order valence-electron chi connectivity index (χ2n) is 2.54. The summed E-state index contributed by atoms with van der Waals surface area (Å²) in [6, 6.07) is 0. The molecule has 0 bridgehead atoms. The number of aliphatic carboxylic acids is 3. The van der Waals surface area contributed by atoms with Gasteiger partial charge in [0.2, 0.25) is 5.60 Å². The maximum atomic E-state index is 10.4. The average Bonchev–Trinajstić information content (AvgIpc) is 2.00. The van der Waals surface area contributed by atoms with E-state index in [1.165, 1.54) is 0 Å². The van der Waals surface area contributed by atoms with Crippen LogP contribution in [0.25, 0.3) is 0 Å². The number of aliphatic hydroxyl groups excluding tert-OH is 1. The van der Waals surface area contributed by atoms with Crippen molar-refractivity contribution in [2.45, 2.75) is 18.1 Å². The number of carboxylic acid groups (broad SMARTS) is 3. The zero-order chi connectivity index (χ0) is 11.5. The van der Waals surface area contributed by atoms with Gasteiger partial charge >= 0.3 is 17.9 Å². The predicted molar refractivity (Wildman–Crippen MR) is 55.7 cm³/mol. The first kappa shape index (κ1) is 28.4. The molecule has 0 rings (SSSR count). The Bertz CT molecular complexity index is 282. The minimum atomic E-state index is -3.22. The van der Waals surface area contributed by atoms with Gasteiger partial charge in [-0.2, -0.15) is 0 Å². The number of carboxylic acids is 3. The molecule has 0 aliphatic carbocycles. The summed E-state index contributed by atoms with van der Waals surface area (Å²) in [4.78, 5) is 30.7. The van der Waals surface area contributed by atoms with Crippen LogP contribution in [0.15, 0.2) is 0 Å². The maximum Gasteiger partial charge on any atom is 0.339 e. The third kappa shape index (κ3) is 9.73. The van der Waals surface area contributed by atoms with Crippen molar-refractivity contribution in [3.63, 3.8) is 0 Å². The van der Waals surface area contributed by atoms with Crippen LogP contribution >= 0.6 is 0 Å². The van der Waals surface area contributed by atoms with Gasteiger partial charge in [0.05, 0.1) is 6.42 Å². The van der Waals surface area contributed by atoms with E-state index in [-0.39, 0.29) is 154 Å². The molecule has 0 spiro atoms. The Balaban J connectivity index is -0.000000282. The summed E-state index contributed by atoms with van der Waals surface area (Å²) < 4.78 is 0. The largest absolute Gasteiger partial charge is 0.481 e. The van der Waals surface area contributed by atoms with Gasteiger partial charge in [0.25, 0.3) is 0 Å². The van der Waals surface area contributed by atoms with Gasteiger partial charge < -0.3 is 25.5 Å². The number of carbonyl (C=O) groups is 3. The summed E-state index contributed by atoms with van der Waals surface area (Å²) in [5.41, 5.74) is -3.22. The van der Waals surface area contributed by atoms with E-state index >= 15 is 0 Å². The first-order chi connectivity index (χ1) is 6.21. The van der Waals surface area contributed by atoms with Crippen molar-refractivity contribution < 1.29 is 39.9 Å². The normalized spacial score (nSPS) is 13.8. The minimum absolute atomic E-state index is 0. The van der Waals surface area contributed by atoms with Gasteiger partial charge in [-0.1, -0.05) is 0 Å². The molecule has 17 heavy (non-hydrogen) atoms. The van der Waals surface area contributed by atoms with Crippen LogP contribution < -0.4 is 0 Å².